The van der Waals surface area contributed by atoms with E-state index in [2.05, 4.69) is 15.5 Å². The van der Waals surface area contributed by atoms with Crippen LogP contribution in [0.1, 0.15) is 17.0 Å². The molecule has 1 aromatic heterocycles. The summed E-state index contributed by atoms with van der Waals surface area (Å²) < 4.78 is 36.7. The molecule has 0 saturated heterocycles. The number of benzene rings is 1. The molecule has 2 rings (SSSR count). The number of aromatic amines is 1. The lowest BCUT2D eigenvalue weighted by atomic mass is 10.2. The van der Waals surface area contributed by atoms with Gasteiger partial charge in [0.25, 0.3) is 0 Å². The average Bonchev–Trinajstić information content (AvgIpc) is 2.67. The Balaban J connectivity index is 2.26. The summed E-state index contributed by atoms with van der Waals surface area (Å²) in [5.41, 5.74) is 2.83. The van der Waals surface area contributed by atoms with Gasteiger partial charge >= 0.3 is 0 Å². The molecule has 2 N–H and O–H groups in total. The number of sulfone groups is 1. The fourth-order valence-corrected chi connectivity index (χ4v) is 2.54. The molecule has 0 aliphatic rings. The minimum atomic E-state index is -3.36. The van der Waals surface area contributed by atoms with Crippen LogP contribution in [0, 0.1) is 19.7 Å². The van der Waals surface area contributed by atoms with Gasteiger partial charge in [-0.3, -0.25) is 5.10 Å². The first-order chi connectivity index (χ1) is 9.29. The summed E-state index contributed by atoms with van der Waals surface area (Å²) >= 11 is 0. The second-order valence-electron chi connectivity index (χ2n) is 4.68. The lowest BCUT2D eigenvalue weighted by Gasteiger charge is -2.09. The highest BCUT2D eigenvalue weighted by atomic mass is 32.2. The van der Waals surface area contributed by atoms with Crippen molar-refractivity contribution in [3.05, 3.63) is 41.0 Å². The number of hydrogen-bond donors (Lipinski definition) is 2. The molecule has 20 heavy (non-hydrogen) atoms. The molecule has 2 aromatic rings. The number of nitrogens with zero attached hydrogens (tertiary/aromatic N) is 1. The van der Waals surface area contributed by atoms with Crippen LogP contribution in [-0.4, -0.2) is 24.9 Å². The predicted octanol–water partition coefficient (Wildman–Crippen LogP) is 2.18. The highest BCUT2D eigenvalue weighted by Gasteiger charge is 2.12. The minimum Gasteiger partial charge on any atom is -0.378 e. The Morgan fingerprint density at radius 3 is 2.60 bits per heavy atom. The van der Waals surface area contributed by atoms with Gasteiger partial charge in [0, 0.05) is 24.1 Å². The largest absolute Gasteiger partial charge is 0.378 e. The maximum absolute atomic E-state index is 13.7. The molecule has 1 aromatic carbocycles. The Morgan fingerprint density at radius 1 is 1.35 bits per heavy atom. The molecule has 7 heteroatoms. The van der Waals surface area contributed by atoms with Crippen LogP contribution in [-0.2, 0) is 16.4 Å². The van der Waals surface area contributed by atoms with Gasteiger partial charge in [0.15, 0.2) is 9.84 Å². The van der Waals surface area contributed by atoms with E-state index in [1.807, 2.05) is 13.8 Å². The zero-order valence-corrected chi connectivity index (χ0v) is 12.3. The van der Waals surface area contributed by atoms with Gasteiger partial charge < -0.3 is 5.32 Å². The Kier molecular flexibility index (Phi) is 3.80. The topological polar surface area (TPSA) is 74.8 Å². The van der Waals surface area contributed by atoms with E-state index >= 15 is 0 Å². The third-order valence-electron chi connectivity index (χ3n) is 3.10. The molecule has 0 aliphatic heterocycles. The van der Waals surface area contributed by atoms with Crippen LogP contribution in [0.4, 0.5) is 10.1 Å². The molecule has 0 unspecified atom stereocenters. The molecular weight excluding hydrogens is 281 g/mol. The van der Waals surface area contributed by atoms with Crippen molar-refractivity contribution in [3.8, 4) is 0 Å². The van der Waals surface area contributed by atoms with Crippen LogP contribution >= 0.6 is 0 Å². The smallest absolute Gasteiger partial charge is 0.175 e. The third kappa shape index (κ3) is 2.98. The van der Waals surface area contributed by atoms with Crippen molar-refractivity contribution in [1.82, 2.24) is 10.2 Å². The van der Waals surface area contributed by atoms with Gasteiger partial charge in [0.1, 0.15) is 5.82 Å². The summed E-state index contributed by atoms with van der Waals surface area (Å²) in [5, 5.41) is 9.81. The van der Waals surface area contributed by atoms with Gasteiger partial charge in [-0.1, -0.05) is 0 Å². The normalized spacial score (nSPS) is 11.6. The zero-order valence-electron chi connectivity index (χ0n) is 11.5. The van der Waals surface area contributed by atoms with Gasteiger partial charge in [-0.25, -0.2) is 12.8 Å². The molecule has 0 aliphatic carbocycles. The molecular formula is C13H16FN3O2S. The second-order valence-corrected chi connectivity index (χ2v) is 6.70. The van der Waals surface area contributed by atoms with Gasteiger partial charge in [-0.05, 0) is 32.0 Å². The fourth-order valence-electron chi connectivity index (χ4n) is 1.89. The van der Waals surface area contributed by atoms with Crippen LogP contribution in [0.25, 0.3) is 0 Å². The monoisotopic (exact) mass is 297 g/mol. The number of aryl methyl sites for hydroxylation is 2. The SMILES string of the molecule is Cc1n[nH]c(C)c1CNc1cc(S(C)(=O)=O)ccc1F. The summed E-state index contributed by atoms with van der Waals surface area (Å²) in [4.78, 5) is 0.0852. The lowest BCUT2D eigenvalue weighted by Crippen LogP contribution is -2.05. The van der Waals surface area contributed by atoms with Crippen LogP contribution in [0.3, 0.4) is 0 Å². The van der Waals surface area contributed by atoms with Crippen LogP contribution in [0.15, 0.2) is 23.1 Å². The van der Waals surface area contributed by atoms with E-state index in [4.69, 9.17) is 0 Å². The quantitative estimate of drug-likeness (QED) is 0.848. The van der Waals surface area contributed by atoms with E-state index in [9.17, 15) is 12.8 Å². The first kappa shape index (κ1) is 14.5. The second kappa shape index (κ2) is 5.24. The maximum atomic E-state index is 13.7. The average molecular weight is 297 g/mol. The molecule has 108 valence electrons. The highest BCUT2D eigenvalue weighted by molar-refractivity contribution is 7.90. The van der Waals surface area contributed by atoms with Crippen molar-refractivity contribution in [3.63, 3.8) is 0 Å². The zero-order chi connectivity index (χ0) is 14.9. The number of H-pyrrole nitrogens is 1. The predicted molar refractivity (Wildman–Crippen MR) is 74.9 cm³/mol. The standard InChI is InChI=1S/C13H16FN3O2S/c1-8-11(9(2)17-16-8)7-15-13-6-10(20(3,18)19)4-5-12(13)14/h4-6,15H,7H2,1-3H3,(H,16,17). The molecule has 0 amide bonds. The maximum Gasteiger partial charge on any atom is 0.175 e. The van der Waals surface area contributed by atoms with E-state index < -0.39 is 15.7 Å². The van der Waals surface area contributed by atoms with Crippen LogP contribution in [0.2, 0.25) is 0 Å². The Hall–Kier alpha value is -1.89. The van der Waals surface area contributed by atoms with Gasteiger partial charge in [0.2, 0.25) is 0 Å². The molecule has 0 bridgehead atoms. The van der Waals surface area contributed by atoms with E-state index in [-0.39, 0.29) is 10.6 Å². The van der Waals surface area contributed by atoms with Gasteiger partial charge in [0.05, 0.1) is 16.3 Å². The molecule has 0 spiro atoms. The minimum absolute atomic E-state index is 0.0852. The van der Waals surface area contributed by atoms with Crippen molar-refractivity contribution in [2.75, 3.05) is 11.6 Å². The summed E-state index contributed by atoms with van der Waals surface area (Å²) in [7, 11) is -3.36. The Morgan fingerprint density at radius 2 is 2.05 bits per heavy atom. The first-order valence-electron chi connectivity index (χ1n) is 6.03. The molecule has 0 fully saturated rings. The number of nitrogens with one attached hydrogen (secondary N) is 2. The van der Waals surface area contributed by atoms with Crippen LogP contribution < -0.4 is 5.32 Å². The Labute approximate surface area is 117 Å². The van der Waals surface area contributed by atoms with E-state index in [0.717, 1.165) is 29.3 Å². The van der Waals surface area contributed by atoms with Gasteiger partial charge in [-0.2, -0.15) is 5.10 Å². The third-order valence-corrected chi connectivity index (χ3v) is 4.21. The van der Waals surface area contributed by atoms with E-state index in [1.165, 1.54) is 12.1 Å². The van der Waals surface area contributed by atoms with Crippen molar-refractivity contribution in [2.45, 2.75) is 25.3 Å². The number of aromatic nitrogens is 2. The van der Waals surface area contributed by atoms with Crippen molar-refractivity contribution in [2.24, 2.45) is 0 Å². The van der Waals surface area contributed by atoms with Crippen molar-refractivity contribution < 1.29 is 12.8 Å². The van der Waals surface area contributed by atoms with E-state index in [0.29, 0.717) is 6.54 Å². The molecule has 0 atom stereocenters. The van der Waals surface area contributed by atoms with Gasteiger partial charge in [-0.15, -0.1) is 0 Å². The van der Waals surface area contributed by atoms with Crippen molar-refractivity contribution in [1.29, 1.82) is 0 Å². The lowest BCUT2D eigenvalue weighted by molar-refractivity contribution is 0.600. The molecule has 1 heterocycles. The number of anilines is 1. The molecule has 0 saturated carbocycles. The first-order valence-corrected chi connectivity index (χ1v) is 7.92. The molecule has 5 nitrogen and oxygen atoms in total. The molecule has 0 radical (unpaired) electrons. The van der Waals surface area contributed by atoms with Crippen molar-refractivity contribution >= 4 is 15.5 Å². The van der Waals surface area contributed by atoms with E-state index in [1.54, 1.807) is 0 Å². The van der Waals surface area contributed by atoms with Crippen LogP contribution in [0.5, 0.6) is 0 Å². The number of halogens is 1. The highest BCUT2D eigenvalue weighted by Crippen LogP contribution is 2.21. The summed E-state index contributed by atoms with van der Waals surface area (Å²) in [6.07, 6.45) is 1.09. The summed E-state index contributed by atoms with van der Waals surface area (Å²) in [6.45, 7) is 4.10. The summed E-state index contributed by atoms with van der Waals surface area (Å²) in [5.74, 6) is -0.490. The number of hydrogen-bond acceptors (Lipinski definition) is 4. The number of rotatable bonds is 4. The fraction of sp³-hybridized carbons (Fsp3) is 0.308. The summed E-state index contributed by atoms with van der Waals surface area (Å²) in [6, 6.07) is 3.70. The Bertz CT molecular complexity index is 719.